The summed E-state index contributed by atoms with van der Waals surface area (Å²) in [4.78, 5) is 24.2. The molecule has 1 heterocycles. The Bertz CT molecular complexity index is 1180. The largest absolute Gasteiger partial charge is 0.480 e. The van der Waals surface area contributed by atoms with Crippen LogP contribution in [0, 0.1) is 0 Å². The van der Waals surface area contributed by atoms with Gasteiger partial charge in [-0.25, -0.2) is 4.68 Å². The van der Waals surface area contributed by atoms with Gasteiger partial charge in [-0.05, 0) is 48.5 Å². The molecule has 0 spiro atoms. The number of anilines is 2. The summed E-state index contributed by atoms with van der Waals surface area (Å²) in [7, 11) is 2.03. The number of carbonyl (C=O) groups excluding carboxylic acids is 2. The number of nitrogens with one attached hydrogen (secondary N) is 2. The van der Waals surface area contributed by atoms with E-state index in [0.29, 0.717) is 10.4 Å². The maximum atomic E-state index is 13.8. The molecule has 3 rings (SSSR count). The summed E-state index contributed by atoms with van der Waals surface area (Å²) in [6, 6.07) is 9.71. The first-order valence-corrected chi connectivity index (χ1v) is 9.65. The summed E-state index contributed by atoms with van der Waals surface area (Å²) in [6.07, 6.45) is -3.03. The van der Waals surface area contributed by atoms with Crippen LogP contribution in [0.15, 0.2) is 61.3 Å². The molecule has 0 radical (unpaired) electrons. The first-order chi connectivity index (χ1) is 15.1. The Hall–Kier alpha value is -3.36. The number of rotatable bonds is 6. The van der Waals surface area contributed by atoms with Gasteiger partial charge < -0.3 is 15.2 Å². The fourth-order valence-corrected chi connectivity index (χ4v) is 3.17. The van der Waals surface area contributed by atoms with E-state index in [1.807, 2.05) is 9.47 Å². The molecule has 0 aliphatic rings. The normalized spacial score (nSPS) is 11.0. The van der Waals surface area contributed by atoms with Crippen molar-refractivity contribution in [2.24, 2.45) is 0 Å². The zero-order chi connectivity index (χ0) is 23.5. The van der Waals surface area contributed by atoms with E-state index in [1.54, 1.807) is 0 Å². The summed E-state index contributed by atoms with van der Waals surface area (Å²) >= 11 is 5.98. The molecular formula is C20H15ClF3N4O3P. The number of amides is 2. The van der Waals surface area contributed by atoms with Crippen molar-refractivity contribution >= 4 is 44.3 Å². The SMILES string of the molecule is C=CC(=O)Nc1cc(Cl)cc(NC(=O)c2cnn(-c3ccc(OP)cc3)c2C(F)(F)F)c1. The predicted molar refractivity (Wildman–Crippen MR) is 117 cm³/mol. The van der Waals surface area contributed by atoms with E-state index in [0.717, 1.165) is 12.3 Å². The van der Waals surface area contributed by atoms with Crippen molar-refractivity contribution in [3.05, 3.63) is 77.6 Å². The molecule has 12 heteroatoms. The topological polar surface area (TPSA) is 85.3 Å². The highest BCUT2D eigenvalue weighted by Crippen LogP contribution is 2.34. The van der Waals surface area contributed by atoms with E-state index in [1.165, 1.54) is 42.5 Å². The minimum Gasteiger partial charge on any atom is -0.480 e. The second-order valence-electron chi connectivity index (χ2n) is 6.30. The van der Waals surface area contributed by atoms with Gasteiger partial charge in [-0.15, -0.1) is 0 Å². The minimum absolute atomic E-state index is 0.0738. The first kappa shape index (κ1) is 23.3. The van der Waals surface area contributed by atoms with Crippen molar-refractivity contribution in [1.29, 1.82) is 0 Å². The Morgan fingerprint density at radius 2 is 1.75 bits per heavy atom. The maximum Gasteiger partial charge on any atom is 0.434 e. The second kappa shape index (κ2) is 9.42. The number of halogens is 4. The van der Waals surface area contributed by atoms with Crippen molar-refractivity contribution in [3.8, 4) is 11.4 Å². The molecule has 1 aromatic heterocycles. The van der Waals surface area contributed by atoms with Gasteiger partial charge in [0.1, 0.15) is 5.75 Å². The molecular weight excluding hydrogens is 468 g/mol. The van der Waals surface area contributed by atoms with Crippen LogP contribution in [-0.4, -0.2) is 21.6 Å². The van der Waals surface area contributed by atoms with Gasteiger partial charge in [-0.2, -0.15) is 18.3 Å². The van der Waals surface area contributed by atoms with Crippen LogP contribution in [0.3, 0.4) is 0 Å². The van der Waals surface area contributed by atoms with Crippen LogP contribution in [0.5, 0.6) is 5.75 Å². The number of hydrogen-bond donors (Lipinski definition) is 2. The Balaban J connectivity index is 1.96. The lowest BCUT2D eigenvalue weighted by atomic mass is 10.2. The molecule has 166 valence electrons. The van der Waals surface area contributed by atoms with Gasteiger partial charge in [-0.1, -0.05) is 18.2 Å². The van der Waals surface area contributed by atoms with E-state index in [4.69, 9.17) is 16.1 Å². The molecule has 32 heavy (non-hydrogen) atoms. The minimum atomic E-state index is -4.88. The highest BCUT2D eigenvalue weighted by Gasteiger charge is 2.40. The zero-order valence-electron chi connectivity index (χ0n) is 16.1. The van der Waals surface area contributed by atoms with Gasteiger partial charge in [0.15, 0.2) is 5.69 Å². The number of aromatic nitrogens is 2. The number of alkyl halides is 3. The van der Waals surface area contributed by atoms with Crippen LogP contribution < -0.4 is 15.2 Å². The molecule has 1 atom stereocenters. The second-order valence-corrected chi connectivity index (χ2v) is 6.98. The van der Waals surface area contributed by atoms with Crippen LogP contribution in [0.1, 0.15) is 16.1 Å². The molecule has 0 aliphatic carbocycles. The van der Waals surface area contributed by atoms with E-state index < -0.39 is 29.2 Å². The lowest BCUT2D eigenvalue weighted by molar-refractivity contribution is -0.143. The van der Waals surface area contributed by atoms with Crippen LogP contribution in [-0.2, 0) is 11.0 Å². The van der Waals surface area contributed by atoms with Crippen molar-refractivity contribution in [3.63, 3.8) is 0 Å². The van der Waals surface area contributed by atoms with Crippen molar-refractivity contribution in [2.75, 3.05) is 10.6 Å². The zero-order valence-corrected chi connectivity index (χ0v) is 18.0. The van der Waals surface area contributed by atoms with E-state index in [-0.39, 0.29) is 22.1 Å². The quantitative estimate of drug-likeness (QED) is 0.378. The average Bonchev–Trinajstić information content (AvgIpc) is 3.19. The maximum absolute atomic E-state index is 13.8. The van der Waals surface area contributed by atoms with Crippen molar-refractivity contribution in [1.82, 2.24) is 9.78 Å². The van der Waals surface area contributed by atoms with E-state index in [9.17, 15) is 22.8 Å². The molecule has 1 unspecified atom stereocenters. The third-order valence-electron chi connectivity index (χ3n) is 4.11. The molecule has 0 fully saturated rings. The molecule has 7 nitrogen and oxygen atoms in total. The smallest absolute Gasteiger partial charge is 0.434 e. The highest BCUT2D eigenvalue weighted by molar-refractivity contribution is 7.10. The molecule has 2 amide bonds. The molecule has 3 aromatic rings. The Labute approximate surface area is 187 Å². The summed E-state index contributed by atoms with van der Waals surface area (Å²) in [6.45, 7) is 3.32. The van der Waals surface area contributed by atoms with Crippen LogP contribution >= 0.6 is 21.1 Å². The number of hydrogen-bond acceptors (Lipinski definition) is 4. The highest BCUT2D eigenvalue weighted by atomic mass is 35.5. The molecule has 0 saturated carbocycles. The third-order valence-corrected chi connectivity index (χ3v) is 4.60. The van der Waals surface area contributed by atoms with Gasteiger partial charge >= 0.3 is 6.18 Å². The van der Waals surface area contributed by atoms with Gasteiger partial charge in [0.25, 0.3) is 5.91 Å². The molecule has 2 N–H and O–H groups in total. The monoisotopic (exact) mass is 482 g/mol. The van der Waals surface area contributed by atoms with Gasteiger partial charge in [-0.3, -0.25) is 9.59 Å². The Kier molecular flexibility index (Phi) is 6.86. The summed E-state index contributed by atoms with van der Waals surface area (Å²) in [5, 5.41) is 8.70. The summed E-state index contributed by atoms with van der Waals surface area (Å²) in [5.41, 5.74) is -1.57. The van der Waals surface area contributed by atoms with Gasteiger partial charge in [0, 0.05) is 16.4 Å². The molecule has 0 aliphatic heterocycles. The number of benzene rings is 2. The van der Waals surface area contributed by atoms with Crippen molar-refractivity contribution < 1.29 is 27.3 Å². The van der Waals surface area contributed by atoms with E-state index in [2.05, 4.69) is 22.3 Å². The predicted octanol–water partition coefficient (Wildman–Crippen LogP) is 5.09. The Morgan fingerprint density at radius 1 is 1.12 bits per heavy atom. The van der Waals surface area contributed by atoms with Crippen molar-refractivity contribution in [2.45, 2.75) is 6.18 Å². The molecule has 0 saturated heterocycles. The number of carbonyl (C=O) groups is 2. The van der Waals surface area contributed by atoms with Crippen LogP contribution in [0.4, 0.5) is 24.5 Å². The summed E-state index contributed by atoms with van der Waals surface area (Å²) < 4.78 is 47.0. The van der Waals surface area contributed by atoms with Crippen LogP contribution in [0.2, 0.25) is 5.02 Å². The lowest BCUT2D eigenvalue weighted by Gasteiger charge is -2.13. The first-order valence-electron chi connectivity index (χ1n) is 8.80. The lowest BCUT2D eigenvalue weighted by Crippen LogP contribution is -2.20. The number of nitrogens with zero attached hydrogens (tertiary/aromatic N) is 2. The average molecular weight is 483 g/mol. The van der Waals surface area contributed by atoms with E-state index >= 15 is 0 Å². The van der Waals surface area contributed by atoms with Gasteiger partial charge in [0.05, 0.1) is 26.9 Å². The molecule has 0 bridgehead atoms. The fraction of sp³-hybridized carbons (Fsp3) is 0.0500. The van der Waals surface area contributed by atoms with Gasteiger partial charge in [0.2, 0.25) is 5.91 Å². The fourth-order valence-electron chi connectivity index (χ4n) is 2.77. The Morgan fingerprint density at radius 3 is 2.31 bits per heavy atom. The van der Waals surface area contributed by atoms with Crippen LogP contribution in [0.25, 0.3) is 5.69 Å². The standard InChI is InChI=1S/C20H15ClF3N4O3P/c1-2-17(29)26-12-7-11(21)8-13(9-12)27-19(30)16-10-25-28(18(16)20(22,23)24)14-3-5-15(31-32)6-4-14/h2-10H,1,32H2,(H,26,29)(H,27,30). The third kappa shape index (κ3) is 5.27. The summed E-state index contributed by atoms with van der Waals surface area (Å²) in [5.74, 6) is -1.17. The molecule has 2 aromatic carbocycles.